The van der Waals surface area contributed by atoms with Gasteiger partial charge in [0, 0.05) is 28.9 Å². The Hall–Kier alpha value is -3.35. The number of anilines is 1. The van der Waals surface area contributed by atoms with Crippen LogP contribution in [0.25, 0.3) is 0 Å². The Labute approximate surface area is 182 Å². The Bertz CT molecular complexity index is 961. The van der Waals surface area contributed by atoms with Gasteiger partial charge in [0.15, 0.2) is 6.61 Å². The van der Waals surface area contributed by atoms with Crippen LogP contribution in [-0.2, 0) is 4.79 Å². The predicted molar refractivity (Wildman–Crippen MR) is 119 cm³/mol. The maximum Gasteiger partial charge on any atom is 0.260 e. The van der Waals surface area contributed by atoms with Gasteiger partial charge in [-0.05, 0) is 88.1 Å². The second-order valence-electron chi connectivity index (χ2n) is 8.09. The standard InChI is InChI=1S/C24H29N3O4/c1-15-13-19(9-12-21(15)23(25)29)26-24(30)18-7-10-20(11-8-18)31-14-22(28)27-16(2)5-4-6-17(27)3/h7-13,16-17H,4-6,14H2,1-3H3,(H2,25,29)(H,26,30). The summed E-state index contributed by atoms with van der Waals surface area (Å²) in [6, 6.07) is 12.0. The topological polar surface area (TPSA) is 102 Å². The van der Waals surface area contributed by atoms with Crippen molar-refractivity contribution in [3.63, 3.8) is 0 Å². The summed E-state index contributed by atoms with van der Waals surface area (Å²) in [7, 11) is 0. The zero-order valence-electron chi connectivity index (χ0n) is 18.2. The number of hydrogen-bond acceptors (Lipinski definition) is 4. The Morgan fingerprint density at radius 2 is 1.71 bits per heavy atom. The van der Waals surface area contributed by atoms with Crippen molar-refractivity contribution in [3.05, 3.63) is 59.2 Å². The van der Waals surface area contributed by atoms with Gasteiger partial charge in [0.25, 0.3) is 11.8 Å². The van der Waals surface area contributed by atoms with E-state index in [4.69, 9.17) is 10.5 Å². The Morgan fingerprint density at radius 1 is 1.06 bits per heavy atom. The van der Waals surface area contributed by atoms with Crippen molar-refractivity contribution in [1.82, 2.24) is 4.90 Å². The Balaban J connectivity index is 1.57. The number of benzene rings is 2. The fourth-order valence-electron chi connectivity index (χ4n) is 4.06. The number of likely N-dealkylation sites (tertiary alicyclic amines) is 1. The molecule has 2 atom stereocenters. The molecule has 7 heteroatoms. The van der Waals surface area contributed by atoms with Crippen molar-refractivity contribution in [2.75, 3.05) is 11.9 Å². The molecule has 2 aromatic carbocycles. The second kappa shape index (κ2) is 9.64. The normalized spacial score (nSPS) is 18.4. The lowest BCUT2D eigenvalue weighted by atomic mass is 9.97. The van der Waals surface area contributed by atoms with E-state index in [0.717, 1.165) is 19.3 Å². The minimum Gasteiger partial charge on any atom is -0.484 e. The number of nitrogens with one attached hydrogen (secondary N) is 1. The first-order chi connectivity index (χ1) is 14.8. The van der Waals surface area contributed by atoms with Crippen molar-refractivity contribution in [2.24, 2.45) is 5.73 Å². The molecule has 0 aliphatic carbocycles. The van der Waals surface area contributed by atoms with Gasteiger partial charge >= 0.3 is 0 Å². The van der Waals surface area contributed by atoms with E-state index < -0.39 is 5.91 Å². The van der Waals surface area contributed by atoms with Gasteiger partial charge in [-0.15, -0.1) is 0 Å². The molecule has 7 nitrogen and oxygen atoms in total. The lowest BCUT2D eigenvalue weighted by Crippen LogP contribution is -2.49. The van der Waals surface area contributed by atoms with Crippen LogP contribution in [0, 0.1) is 6.92 Å². The minimum absolute atomic E-state index is 0.0173. The van der Waals surface area contributed by atoms with Gasteiger partial charge in [-0.3, -0.25) is 14.4 Å². The number of hydrogen-bond donors (Lipinski definition) is 2. The lowest BCUT2D eigenvalue weighted by molar-refractivity contribution is -0.139. The third kappa shape index (κ3) is 5.42. The maximum absolute atomic E-state index is 12.6. The third-order valence-electron chi connectivity index (χ3n) is 5.71. The largest absolute Gasteiger partial charge is 0.484 e. The van der Waals surface area contributed by atoms with Crippen molar-refractivity contribution >= 4 is 23.4 Å². The molecule has 0 radical (unpaired) electrons. The van der Waals surface area contributed by atoms with Gasteiger partial charge in [0.05, 0.1) is 0 Å². The van der Waals surface area contributed by atoms with E-state index in [9.17, 15) is 14.4 Å². The maximum atomic E-state index is 12.6. The van der Waals surface area contributed by atoms with Gasteiger partial charge in [-0.2, -0.15) is 0 Å². The van der Waals surface area contributed by atoms with Crippen LogP contribution in [0.2, 0.25) is 0 Å². The molecule has 1 aliphatic rings. The van der Waals surface area contributed by atoms with Crippen molar-refractivity contribution < 1.29 is 19.1 Å². The Morgan fingerprint density at radius 3 is 2.29 bits per heavy atom. The van der Waals surface area contributed by atoms with Gasteiger partial charge in [0.2, 0.25) is 5.91 Å². The first-order valence-corrected chi connectivity index (χ1v) is 10.5. The third-order valence-corrected chi connectivity index (χ3v) is 5.71. The van der Waals surface area contributed by atoms with E-state index in [0.29, 0.717) is 28.1 Å². The number of aryl methyl sites for hydroxylation is 1. The number of piperidine rings is 1. The number of rotatable bonds is 6. The van der Waals surface area contributed by atoms with Crippen LogP contribution in [0.15, 0.2) is 42.5 Å². The number of carbonyl (C=O) groups is 3. The van der Waals surface area contributed by atoms with E-state index in [-0.39, 0.29) is 30.5 Å². The molecule has 0 bridgehead atoms. The highest BCUT2D eigenvalue weighted by molar-refractivity contribution is 6.04. The quantitative estimate of drug-likeness (QED) is 0.742. The van der Waals surface area contributed by atoms with Crippen LogP contribution >= 0.6 is 0 Å². The molecule has 0 saturated carbocycles. The van der Waals surface area contributed by atoms with Crippen molar-refractivity contribution in [2.45, 2.75) is 52.1 Å². The van der Waals surface area contributed by atoms with Crippen LogP contribution in [-0.4, -0.2) is 41.3 Å². The molecule has 1 heterocycles. The molecular weight excluding hydrogens is 394 g/mol. The molecule has 2 aromatic rings. The van der Waals surface area contributed by atoms with Crippen LogP contribution < -0.4 is 15.8 Å². The molecule has 2 unspecified atom stereocenters. The van der Waals surface area contributed by atoms with Crippen LogP contribution in [0.1, 0.15) is 59.4 Å². The highest BCUT2D eigenvalue weighted by atomic mass is 16.5. The number of amides is 3. The lowest BCUT2D eigenvalue weighted by Gasteiger charge is -2.38. The van der Waals surface area contributed by atoms with E-state index in [2.05, 4.69) is 19.2 Å². The molecule has 3 amide bonds. The average molecular weight is 424 g/mol. The number of ether oxygens (including phenoxy) is 1. The van der Waals surface area contributed by atoms with Gasteiger partial charge in [0.1, 0.15) is 5.75 Å². The van der Waals surface area contributed by atoms with Crippen LogP contribution in [0.4, 0.5) is 5.69 Å². The number of nitrogens with two attached hydrogens (primary N) is 1. The van der Waals surface area contributed by atoms with E-state index in [1.165, 1.54) is 0 Å². The number of primary amides is 1. The summed E-state index contributed by atoms with van der Waals surface area (Å²) < 4.78 is 5.66. The molecule has 3 N–H and O–H groups in total. The molecule has 0 spiro atoms. The van der Waals surface area contributed by atoms with Crippen LogP contribution in [0.3, 0.4) is 0 Å². The van der Waals surface area contributed by atoms with Gasteiger partial charge in [-0.25, -0.2) is 0 Å². The molecule has 3 rings (SSSR count). The average Bonchev–Trinajstić information content (AvgIpc) is 2.72. The molecule has 1 saturated heterocycles. The highest BCUT2D eigenvalue weighted by Crippen LogP contribution is 2.23. The molecule has 1 fully saturated rings. The van der Waals surface area contributed by atoms with E-state index in [1.54, 1.807) is 49.4 Å². The second-order valence-corrected chi connectivity index (χ2v) is 8.09. The molecule has 164 valence electrons. The molecule has 1 aliphatic heterocycles. The predicted octanol–water partition coefficient (Wildman–Crippen LogP) is 3.51. The summed E-state index contributed by atoms with van der Waals surface area (Å²) in [6.45, 7) is 5.88. The summed E-state index contributed by atoms with van der Waals surface area (Å²) in [6.07, 6.45) is 3.18. The first kappa shape index (κ1) is 22.3. The zero-order chi connectivity index (χ0) is 22.5. The van der Waals surface area contributed by atoms with Gasteiger partial charge < -0.3 is 20.7 Å². The molecule has 31 heavy (non-hydrogen) atoms. The zero-order valence-corrected chi connectivity index (χ0v) is 18.2. The highest BCUT2D eigenvalue weighted by Gasteiger charge is 2.28. The SMILES string of the molecule is Cc1cc(NC(=O)c2ccc(OCC(=O)N3C(C)CCCC3C)cc2)ccc1C(N)=O. The summed E-state index contributed by atoms with van der Waals surface area (Å²) in [5.74, 6) is -0.279. The van der Waals surface area contributed by atoms with Crippen LogP contribution in [0.5, 0.6) is 5.75 Å². The molecular formula is C24H29N3O4. The number of nitrogens with zero attached hydrogens (tertiary/aromatic N) is 1. The number of carbonyl (C=O) groups excluding carboxylic acids is 3. The smallest absolute Gasteiger partial charge is 0.260 e. The summed E-state index contributed by atoms with van der Waals surface area (Å²) >= 11 is 0. The fraction of sp³-hybridized carbons (Fsp3) is 0.375. The van der Waals surface area contributed by atoms with Crippen molar-refractivity contribution in [3.8, 4) is 5.75 Å². The minimum atomic E-state index is -0.506. The summed E-state index contributed by atoms with van der Waals surface area (Å²) in [5.41, 5.74) is 7.44. The van der Waals surface area contributed by atoms with E-state index >= 15 is 0 Å². The van der Waals surface area contributed by atoms with Gasteiger partial charge in [-0.1, -0.05) is 0 Å². The summed E-state index contributed by atoms with van der Waals surface area (Å²) in [4.78, 5) is 38.3. The van der Waals surface area contributed by atoms with E-state index in [1.807, 2.05) is 4.90 Å². The first-order valence-electron chi connectivity index (χ1n) is 10.5. The van der Waals surface area contributed by atoms with Crippen molar-refractivity contribution in [1.29, 1.82) is 0 Å². The monoisotopic (exact) mass is 423 g/mol. The Kier molecular flexibility index (Phi) is 6.95. The summed E-state index contributed by atoms with van der Waals surface area (Å²) in [5, 5.41) is 2.79. The molecule has 0 aromatic heterocycles. The fourth-order valence-corrected chi connectivity index (χ4v) is 4.06.